The molecule has 0 spiro atoms. The second kappa shape index (κ2) is 5.45. The van der Waals surface area contributed by atoms with Crippen LogP contribution in [-0.4, -0.2) is 0 Å². The molecule has 1 heteroatoms. The van der Waals surface area contributed by atoms with E-state index in [-0.39, 0.29) is 26.0 Å². The van der Waals surface area contributed by atoms with Gasteiger partial charge in [-0.15, -0.1) is 0 Å². The summed E-state index contributed by atoms with van der Waals surface area (Å²) in [5.41, 5.74) is 5.58. The molecule has 1 aromatic rings. The molecule has 0 heterocycles. The van der Waals surface area contributed by atoms with Crippen molar-refractivity contribution in [2.75, 3.05) is 0 Å². The third-order valence-electron chi connectivity index (χ3n) is 2.07. The smallest absolute Gasteiger partial charge is 0 e. The van der Waals surface area contributed by atoms with Gasteiger partial charge in [-0.1, -0.05) is 25.1 Å². The Bertz CT molecular complexity index is 228. The molecule has 0 aliphatic rings. The number of hydrogen-bond acceptors (Lipinski definition) is 0. The van der Waals surface area contributed by atoms with Gasteiger partial charge < -0.3 is 0 Å². The van der Waals surface area contributed by atoms with Crippen LogP contribution in [0, 0.1) is 27.7 Å². The van der Waals surface area contributed by atoms with Gasteiger partial charge in [-0.25, -0.2) is 0 Å². The summed E-state index contributed by atoms with van der Waals surface area (Å²) in [6, 6.07) is 4.45. The van der Waals surface area contributed by atoms with Gasteiger partial charge in [0.05, 0.1) is 0 Å². The molecule has 0 fully saturated rings. The first-order chi connectivity index (χ1) is 4.61. The van der Waals surface area contributed by atoms with Crippen LogP contribution in [0.5, 0.6) is 0 Å². The van der Waals surface area contributed by atoms with Gasteiger partial charge in [-0.05, 0) is 44.4 Å². The molecule has 0 N–H and O–H groups in total. The van der Waals surface area contributed by atoms with Crippen LogP contribution in [0.1, 0.15) is 29.7 Å². The molecular formula is C11H18V. The van der Waals surface area contributed by atoms with Gasteiger partial charge in [0, 0.05) is 18.6 Å². The average molecular weight is 201 g/mol. The summed E-state index contributed by atoms with van der Waals surface area (Å²) >= 11 is 0. The van der Waals surface area contributed by atoms with Gasteiger partial charge in [0.2, 0.25) is 0 Å². The Hall–Kier alpha value is -0.196. The van der Waals surface area contributed by atoms with Gasteiger partial charge in [0.1, 0.15) is 0 Å². The molecule has 67 valence electrons. The largest absolute Gasteiger partial charge is 0.0776 e. The van der Waals surface area contributed by atoms with Crippen LogP contribution in [0.25, 0.3) is 0 Å². The quantitative estimate of drug-likeness (QED) is 0.602. The zero-order valence-corrected chi connectivity index (χ0v) is 9.00. The van der Waals surface area contributed by atoms with Crippen molar-refractivity contribution in [2.45, 2.75) is 35.1 Å². The van der Waals surface area contributed by atoms with E-state index in [1.165, 1.54) is 22.3 Å². The van der Waals surface area contributed by atoms with E-state index >= 15 is 0 Å². The van der Waals surface area contributed by atoms with Crippen molar-refractivity contribution >= 4 is 0 Å². The molecule has 0 unspecified atom stereocenters. The van der Waals surface area contributed by atoms with Gasteiger partial charge >= 0.3 is 0 Å². The van der Waals surface area contributed by atoms with Crippen LogP contribution >= 0.6 is 0 Å². The Labute approximate surface area is 88.3 Å². The molecule has 0 amide bonds. The van der Waals surface area contributed by atoms with Crippen LogP contribution in [0.15, 0.2) is 12.1 Å². The molecule has 0 bridgehead atoms. The Morgan fingerprint density at radius 2 is 1.17 bits per heavy atom. The van der Waals surface area contributed by atoms with E-state index in [4.69, 9.17) is 0 Å². The normalized spacial score (nSPS) is 8.33. The van der Waals surface area contributed by atoms with Crippen molar-refractivity contribution < 1.29 is 18.6 Å². The number of rotatable bonds is 0. The molecule has 0 nitrogen and oxygen atoms in total. The molecule has 0 aromatic heterocycles. The number of benzene rings is 1. The summed E-state index contributed by atoms with van der Waals surface area (Å²) in [5, 5.41) is 0. The molecule has 12 heavy (non-hydrogen) atoms. The monoisotopic (exact) mass is 201 g/mol. The van der Waals surface area contributed by atoms with Crippen LogP contribution in [0.2, 0.25) is 0 Å². The maximum Gasteiger partial charge on any atom is 0 e. The molecule has 1 rings (SSSR count). The fraction of sp³-hybridized carbons (Fsp3) is 0.455. The van der Waals surface area contributed by atoms with E-state index < -0.39 is 0 Å². The average Bonchev–Trinajstić information content (AvgIpc) is 1.82. The fourth-order valence-electron chi connectivity index (χ4n) is 1.25. The van der Waals surface area contributed by atoms with Gasteiger partial charge in [-0.3, -0.25) is 0 Å². The van der Waals surface area contributed by atoms with E-state index in [1.54, 1.807) is 0 Å². The third kappa shape index (κ3) is 3.04. The van der Waals surface area contributed by atoms with Gasteiger partial charge in [0.25, 0.3) is 0 Å². The first kappa shape index (κ1) is 14.3. The SMILES string of the molecule is C.Cc1cc(C)c(C)c(C)c1.[V]. The second-order valence-electron chi connectivity index (χ2n) is 3.02. The summed E-state index contributed by atoms with van der Waals surface area (Å²) in [6.45, 7) is 8.63. The Morgan fingerprint density at radius 3 is 1.50 bits per heavy atom. The van der Waals surface area contributed by atoms with E-state index in [0.29, 0.717) is 0 Å². The molecule has 0 aliphatic carbocycles. The molecule has 0 saturated carbocycles. The maximum atomic E-state index is 2.22. The molecule has 0 atom stereocenters. The maximum absolute atomic E-state index is 2.22. The Balaban J connectivity index is 0. The predicted molar refractivity (Wildman–Crippen MR) is 52.1 cm³/mol. The minimum absolute atomic E-state index is 0. The summed E-state index contributed by atoms with van der Waals surface area (Å²) in [7, 11) is 0. The van der Waals surface area contributed by atoms with Crippen molar-refractivity contribution in [3.63, 3.8) is 0 Å². The molecule has 0 saturated heterocycles. The minimum atomic E-state index is 0. The zero-order chi connectivity index (χ0) is 7.72. The van der Waals surface area contributed by atoms with E-state index in [0.717, 1.165) is 0 Å². The van der Waals surface area contributed by atoms with Crippen molar-refractivity contribution in [1.82, 2.24) is 0 Å². The van der Waals surface area contributed by atoms with Gasteiger partial charge in [0.15, 0.2) is 0 Å². The van der Waals surface area contributed by atoms with E-state index in [9.17, 15) is 0 Å². The van der Waals surface area contributed by atoms with E-state index in [1.807, 2.05) is 0 Å². The van der Waals surface area contributed by atoms with Crippen LogP contribution in [0.3, 0.4) is 0 Å². The minimum Gasteiger partial charge on any atom is -0.0776 e. The number of hydrogen-bond donors (Lipinski definition) is 0. The first-order valence-corrected chi connectivity index (χ1v) is 3.65. The summed E-state index contributed by atoms with van der Waals surface area (Å²) in [4.78, 5) is 0. The standard InChI is InChI=1S/C10H14.CH4.V/c1-7-5-8(2)10(4)9(3)6-7;;/h5-6H,1-4H3;1H4;. The van der Waals surface area contributed by atoms with Gasteiger partial charge in [-0.2, -0.15) is 0 Å². The van der Waals surface area contributed by atoms with Crippen LogP contribution < -0.4 is 0 Å². The van der Waals surface area contributed by atoms with Crippen molar-refractivity contribution in [1.29, 1.82) is 0 Å². The van der Waals surface area contributed by atoms with Crippen molar-refractivity contribution in [3.8, 4) is 0 Å². The van der Waals surface area contributed by atoms with E-state index in [2.05, 4.69) is 39.8 Å². The Kier molecular flexibility index (Phi) is 6.51. The summed E-state index contributed by atoms with van der Waals surface area (Å²) < 4.78 is 0. The third-order valence-corrected chi connectivity index (χ3v) is 2.07. The van der Waals surface area contributed by atoms with Crippen LogP contribution in [-0.2, 0) is 18.6 Å². The molecule has 1 radical (unpaired) electrons. The second-order valence-corrected chi connectivity index (χ2v) is 3.02. The van der Waals surface area contributed by atoms with Crippen molar-refractivity contribution in [3.05, 3.63) is 34.4 Å². The topological polar surface area (TPSA) is 0 Å². The summed E-state index contributed by atoms with van der Waals surface area (Å²) in [5.74, 6) is 0. The van der Waals surface area contributed by atoms with Crippen molar-refractivity contribution in [2.24, 2.45) is 0 Å². The molecule has 1 aromatic carbocycles. The van der Waals surface area contributed by atoms with Crippen LogP contribution in [0.4, 0.5) is 0 Å². The number of aryl methyl sites for hydroxylation is 3. The molecular weight excluding hydrogens is 183 g/mol. The fourth-order valence-corrected chi connectivity index (χ4v) is 1.25. The first-order valence-electron chi connectivity index (χ1n) is 3.65. The predicted octanol–water partition coefficient (Wildman–Crippen LogP) is 3.55. The zero-order valence-electron chi connectivity index (χ0n) is 7.60. The molecule has 0 aliphatic heterocycles. The Morgan fingerprint density at radius 1 is 0.833 bits per heavy atom. The summed E-state index contributed by atoms with van der Waals surface area (Å²) in [6.07, 6.45) is 0.